The van der Waals surface area contributed by atoms with Crippen molar-refractivity contribution in [2.75, 3.05) is 13.1 Å². The second kappa shape index (κ2) is 7.10. The van der Waals surface area contributed by atoms with Gasteiger partial charge in [0.1, 0.15) is 24.3 Å². The van der Waals surface area contributed by atoms with Crippen LogP contribution in [0, 0.1) is 0 Å². The number of urea groups is 1. The van der Waals surface area contributed by atoms with Gasteiger partial charge in [0.25, 0.3) is 0 Å². The lowest BCUT2D eigenvalue weighted by molar-refractivity contribution is -0.138. The number of carbonyl (C=O) groups is 1. The number of ether oxygens (including phenoxy) is 1. The first-order chi connectivity index (χ1) is 13.4. The number of amides is 2. The van der Waals surface area contributed by atoms with Crippen LogP contribution in [-0.4, -0.2) is 34.2 Å². The second-order valence-corrected chi connectivity index (χ2v) is 6.51. The topological polar surface area (TPSA) is 83.4 Å². The minimum Gasteiger partial charge on any atom is -0.486 e. The third-order valence-electron chi connectivity index (χ3n) is 4.52. The number of aromatic nitrogens is 2. The summed E-state index contributed by atoms with van der Waals surface area (Å²) >= 11 is 0. The van der Waals surface area contributed by atoms with Gasteiger partial charge in [-0.2, -0.15) is 13.2 Å². The van der Waals surface area contributed by atoms with E-state index >= 15 is 0 Å². The summed E-state index contributed by atoms with van der Waals surface area (Å²) < 4.78 is 50.3. The molecule has 4 rings (SSSR count). The molecule has 0 unspecified atom stereocenters. The largest absolute Gasteiger partial charge is 0.486 e. The fourth-order valence-corrected chi connectivity index (χ4v) is 2.92. The Kier molecular flexibility index (Phi) is 4.62. The third kappa shape index (κ3) is 3.75. The molecule has 0 atom stereocenters. The molecule has 1 aromatic carbocycles. The zero-order valence-electron chi connectivity index (χ0n) is 14.7. The first kappa shape index (κ1) is 18.2. The van der Waals surface area contributed by atoms with Gasteiger partial charge in [0.05, 0.1) is 12.1 Å². The number of alkyl halides is 3. The van der Waals surface area contributed by atoms with Gasteiger partial charge in [0.15, 0.2) is 0 Å². The SMILES string of the molecule is O=C(NCc1cc2cc(C(F)(F)F)c(OCc3ccon3)cc2[nH]1)N1CCC1. The lowest BCUT2D eigenvalue weighted by atomic mass is 10.1. The Morgan fingerprint density at radius 1 is 1.32 bits per heavy atom. The van der Waals surface area contributed by atoms with E-state index in [-0.39, 0.29) is 24.9 Å². The average Bonchev–Trinajstić information content (AvgIpc) is 3.23. The van der Waals surface area contributed by atoms with Gasteiger partial charge in [-0.3, -0.25) is 0 Å². The van der Waals surface area contributed by atoms with Gasteiger partial charge in [-0.1, -0.05) is 5.16 Å². The van der Waals surface area contributed by atoms with Crippen LogP contribution >= 0.6 is 0 Å². The molecule has 2 amide bonds. The number of likely N-dealkylation sites (tertiary alicyclic amines) is 1. The second-order valence-electron chi connectivity index (χ2n) is 6.51. The Hall–Kier alpha value is -3.17. The molecule has 2 N–H and O–H groups in total. The Morgan fingerprint density at radius 3 is 2.79 bits per heavy atom. The number of halogens is 3. The Balaban J connectivity index is 1.55. The van der Waals surface area contributed by atoms with Crippen LogP contribution < -0.4 is 10.1 Å². The number of hydrogen-bond donors (Lipinski definition) is 2. The molecule has 3 aromatic rings. The van der Waals surface area contributed by atoms with Crippen molar-refractivity contribution in [2.45, 2.75) is 25.7 Å². The van der Waals surface area contributed by atoms with E-state index in [1.165, 1.54) is 18.4 Å². The summed E-state index contributed by atoms with van der Waals surface area (Å²) in [7, 11) is 0. The van der Waals surface area contributed by atoms with Crippen LogP contribution in [0.4, 0.5) is 18.0 Å². The first-order valence-electron chi connectivity index (χ1n) is 8.68. The van der Waals surface area contributed by atoms with Gasteiger partial charge in [-0.15, -0.1) is 0 Å². The predicted octanol–water partition coefficient (Wildman–Crippen LogP) is 3.67. The zero-order valence-corrected chi connectivity index (χ0v) is 14.7. The van der Waals surface area contributed by atoms with Crippen molar-refractivity contribution in [3.05, 3.63) is 47.5 Å². The number of H-pyrrole nitrogens is 1. The van der Waals surface area contributed by atoms with E-state index in [4.69, 9.17) is 4.74 Å². The molecule has 2 aromatic heterocycles. The van der Waals surface area contributed by atoms with Crippen molar-refractivity contribution in [3.63, 3.8) is 0 Å². The average molecular weight is 394 g/mol. The standard InChI is InChI=1S/C18H17F3N4O3/c19-18(20,21)14-7-11-6-13(9-22-17(26)25-3-1-4-25)23-15(11)8-16(14)27-10-12-2-5-28-24-12/h2,5-8,23H,1,3-4,9-10H2,(H,22,26). The molecule has 0 radical (unpaired) electrons. The van der Waals surface area contributed by atoms with Crippen molar-refractivity contribution in [1.82, 2.24) is 20.4 Å². The highest BCUT2D eigenvalue weighted by molar-refractivity contribution is 5.83. The molecule has 1 aliphatic heterocycles. The molecule has 3 heterocycles. The lowest BCUT2D eigenvalue weighted by Crippen LogP contribution is -2.47. The fraction of sp³-hybridized carbons (Fsp3) is 0.333. The maximum Gasteiger partial charge on any atom is 0.419 e. The fourth-order valence-electron chi connectivity index (χ4n) is 2.92. The third-order valence-corrected chi connectivity index (χ3v) is 4.52. The molecular formula is C18H17F3N4O3. The van der Waals surface area contributed by atoms with E-state index in [9.17, 15) is 18.0 Å². The number of rotatable bonds is 5. The molecule has 1 aliphatic rings. The number of aromatic amines is 1. The van der Waals surface area contributed by atoms with E-state index in [2.05, 4.69) is 20.0 Å². The van der Waals surface area contributed by atoms with Crippen LogP contribution in [0.5, 0.6) is 5.75 Å². The maximum atomic E-state index is 13.5. The van der Waals surface area contributed by atoms with E-state index in [1.54, 1.807) is 11.0 Å². The smallest absolute Gasteiger partial charge is 0.419 e. The van der Waals surface area contributed by atoms with Gasteiger partial charge >= 0.3 is 12.2 Å². The molecule has 1 saturated heterocycles. The first-order valence-corrected chi connectivity index (χ1v) is 8.68. The number of nitrogens with zero attached hydrogens (tertiary/aromatic N) is 2. The van der Waals surface area contributed by atoms with Gasteiger partial charge in [-0.05, 0) is 18.6 Å². The van der Waals surface area contributed by atoms with Crippen molar-refractivity contribution in [3.8, 4) is 5.75 Å². The minimum absolute atomic E-state index is 0.148. The molecule has 1 fully saturated rings. The highest BCUT2D eigenvalue weighted by atomic mass is 19.4. The van der Waals surface area contributed by atoms with Gasteiger partial charge < -0.3 is 24.5 Å². The Bertz CT molecular complexity index is 978. The van der Waals surface area contributed by atoms with E-state index < -0.39 is 11.7 Å². The van der Waals surface area contributed by atoms with Gasteiger partial charge in [0.2, 0.25) is 0 Å². The van der Waals surface area contributed by atoms with Crippen LogP contribution in [-0.2, 0) is 19.3 Å². The number of benzene rings is 1. The molecule has 0 spiro atoms. The normalized spacial score (nSPS) is 14.2. The van der Waals surface area contributed by atoms with E-state index in [0.29, 0.717) is 22.3 Å². The summed E-state index contributed by atoms with van der Waals surface area (Å²) in [5.74, 6) is -0.305. The van der Waals surface area contributed by atoms with Crippen molar-refractivity contribution < 1.29 is 27.2 Å². The summed E-state index contributed by atoms with van der Waals surface area (Å²) in [4.78, 5) is 16.6. The molecule has 148 valence electrons. The Morgan fingerprint density at radius 2 is 2.14 bits per heavy atom. The molecular weight excluding hydrogens is 377 g/mol. The molecule has 7 nitrogen and oxygen atoms in total. The molecule has 0 bridgehead atoms. The monoisotopic (exact) mass is 394 g/mol. The number of hydrogen-bond acceptors (Lipinski definition) is 4. The van der Waals surface area contributed by atoms with Crippen molar-refractivity contribution in [1.29, 1.82) is 0 Å². The zero-order chi connectivity index (χ0) is 19.7. The molecule has 10 heteroatoms. The maximum absolute atomic E-state index is 13.5. The highest BCUT2D eigenvalue weighted by Gasteiger charge is 2.35. The van der Waals surface area contributed by atoms with Crippen LogP contribution in [0.25, 0.3) is 10.9 Å². The van der Waals surface area contributed by atoms with Gasteiger partial charge in [-0.25, -0.2) is 4.79 Å². The van der Waals surface area contributed by atoms with Crippen LogP contribution in [0.2, 0.25) is 0 Å². The summed E-state index contributed by atoms with van der Waals surface area (Å²) in [5, 5.41) is 6.76. The summed E-state index contributed by atoms with van der Waals surface area (Å²) in [5.41, 5.74) is 0.592. The lowest BCUT2D eigenvalue weighted by Gasteiger charge is -2.30. The molecule has 28 heavy (non-hydrogen) atoms. The number of nitrogens with one attached hydrogen (secondary N) is 2. The highest BCUT2D eigenvalue weighted by Crippen LogP contribution is 2.39. The van der Waals surface area contributed by atoms with Crippen LogP contribution in [0.1, 0.15) is 23.4 Å². The predicted molar refractivity (Wildman–Crippen MR) is 92.6 cm³/mol. The number of carbonyl (C=O) groups excluding carboxylic acids is 1. The summed E-state index contributed by atoms with van der Waals surface area (Å²) in [6.07, 6.45) is -2.27. The molecule has 0 aliphatic carbocycles. The number of fused-ring (bicyclic) bond motifs is 1. The minimum atomic E-state index is -4.57. The van der Waals surface area contributed by atoms with E-state index in [0.717, 1.165) is 25.6 Å². The quantitative estimate of drug-likeness (QED) is 0.692. The van der Waals surface area contributed by atoms with Crippen LogP contribution in [0.15, 0.2) is 35.1 Å². The van der Waals surface area contributed by atoms with Crippen molar-refractivity contribution in [2.24, 2.45) is 0 Å². The Labute approximate surface area is 157 Å². The van der Waals surface area contributed by atoms with Crippen LogP contribution in [0.3, 0.4) is 0 Å². The molecule has 0 saturated carbocycles. The van der Waals surface area contributed by atoms with Gasteiger partial charge in [0, 0.05) is 41.8 Å². The summed E-state index contributed by atoms with van der Waals surface area (Å²) in [6.45, 7) is 1.49. The summed E-state index contributed by atoms with van der Waals surface area (Å²) in [6, 6.07) is 5.25. The van der Waals surface area contributed by atoms with E-state index in [1.807, 2.05) is 0 Å². The van der Waals surface area contributed by atoms with Crippen molar-refractivity contribution >= 4 is 16.9 Å².